The first-order valence-corrected chi connectivity index (χ1v) is 8.02. The molecular weight excluding hydrogens is 276 g/mol. The van der Waals surface area contributed by atoms with Gasteiger partial charge in [-0.1, -0.05) is 62.8 Å². The Morgan fingerprint density at radius 3 is 2.45 bits per heavy atom. The fourth-order valence-corrected chi connectivity index (χ4v) is 3.31. The van der Waals surface area contributed by atoms with Crippen molar-refractivity contribution in [2.24, 2.45) is 5.41 Å². The van der Waals surface area contributed by atoms with E-state index >= 15 is 0 Å². The van der Waals surface area contributed by atoms with Gasteiger partial charge in [0.1, 0.15) is 5.41 Å². The highest BCUT2D eigenvalue weighted by atomic mass is 16.7. The standard InChI is InChI=1S/C19H24O3/c1-18(2,3)17-21-13-19(16(20)22-17,15-11-7-8-12-15)14-9-5-4-6-10-14/h4-6,9-11,17H,7-8,12-13H2,1-3H3/t17-,19+/m0/s1. The Bertz CT molecular complexity index is 582. The van der Waals surface area contributed by atoms with E-state index in [-0.39, 0.29) is 11.4 Å². The lowest BCUT2D eigenvalue weighted by atomic mass is 9.73. The van der Waals surface area contributed by atoms with Crippen molar-refractivity contribution >= 4 is 5.97 Å². The Hall–Kier alpha value is -1.61. The van der Waals surface area contributed by atoms with Crippen molar-refractivity contribution in [3.8, 4) is 0 Å². The van der Waals surface area contributed by atoms with Crippen LogP contribution in [0.4, 0.5) is 0 Å². The van der Waals surface area contributed by atoms with Gasteiger partial charge < -0.3 is 9.47 Å². The largest absolute Gasteiger partial charge is 0.434 e. The molecule has 2 aliphatic rings. The van der Waals surface area contributed by atoms with Crippen molar-refractivity contribution in [2.45, 2.75) is 51.7 Å². The summed E-state index contributed by atoms with van der Waals surface area (Å²) in [5, 5.41) is 0. The molecule has 0 amide bonds. The lowest BCUT2D eigenvalue weighted by Gasteiger charge is -2.43. The third-order valence-electron chi connectivity index (χ3n) is 4.58. The highest BCUT2D eigenvalue weighted by molar-refractivity contribution is 5.88. The molecule has 1 aliphatic heterocycles. The zero-order chi connectivity index (χ0) is 15.8. The van der Waals surface area contributed by atoms with Crippen LogP contribution < -0.4 is 0 Å². The molecule has 3 nitrogen and oxygen atoms in total. The Morgan fingerprint density at radius 2 is 1.91 bits per heavy atom. The Labute approximate surface area is 132 Å². The average Bonchev–Trinajstić information content (AvgIpc) is 3.02. The van der Waals surface area contributed by atoms with Crippen LogP contribution in [0.15, 0.2) is 42.0 Å². The third kappa shape index (κ3) is 2.48. The summed E-state index contributed by atoms with van der Waals surface area (Å²) in [5.74, 6) is -0.168. The van der Waals surface area contributed by atoms with Crippen molar-refractivity contribution in [2.75, 3.05) is 6.61 Å². The molecule has 1 saturated heterocycles. The first-order valence-electron chi connectivity index (χ1n) is 8.02. The molecule has 0 aromatic heterocycles. The molecule has 118 valence electrons. The van der Waals surface area contributed by atoms with Gasteiger partial charge in [0, 0.05) is 5.41 Å². The monoisotopic (exact) mass is 300 g/mol. The summed E-state index contributed by atoms with van der Waals surface area (Å²) < 4.78 is 11.7. The second kappa shape index (κ2) is 5.54. The third-order valence-corrected chi connectivity index (χ3v) is 4.58. The number of esters is 1. The summed E-state index contributed by atoms with van der Waals surface area (Å²) >= 11 is 0. The quantitative estimate of drug-likeness (QED) is 0.612. The Kier molecular flexibility index (Phi) is 3.85. The lowest BCUT2D eigenvalue weighted by Crippen LogP contribution is -2.53. The van der Waals surface area contributed by atoms with E-state index < -0.39 is 11.7 Å². The molecule has 0 bridgehead atoms. The van der Waals surface area contributed by atoms with E-state index in [0.717, 1.165) is 30.4 Å². The van der Waals surface area contributed by atoms with Crippen molar-refractivity contribution < 1.29 is 14.3 Å². The van der Waals surface area contributed by atoms with Gasteiger partial charge in [-0.25, -0.2) is 0 Å². The van der Waals surface area contributed by atoms with E-state index in [1.807, 2.05) is 51.1 Å². The van der Waals surface area contributed by atoms with E-state index in [1.54, 1.807) is 0 Å². The molecule has 2 atom stereocenters. The second-order valence-corrected chi connectivity index (χ2v) is 7.31. The highest BCUT2D eigenvalue weighted by Crippen LogP contribution is 2.44. The van der Waals surface area contributed by atoms with Crippen molar-refractivity contribution in [1.29, 1.82) is 0 Å². The van der Waals surface area contributed by atoms with Crippen LogP contribution in [0.1, 0.15) is 45.6 Å². The van der Waals surface area contributed by atoms with Gasteiger partial charge in [0.05, 0.1) is 6.61 Å². The molecule has 3 heteroatoms. The SMILES string of the molecule is CC(C)(C)[C@H]1OC[C@](C2=CCCC2)(c2ccccc2)C(=O)O1. The normalized spacial score (nSPS) is 29.1. The van der Waals surface area contributed by atoms with Crippen molar-refractivity contribution in [1.82, 2.24) is 0 Å². The molecule has 0 N–H and O–H groups in total. The maximum atomic E-state index is 13.0. The number of hydrogen-bond donors (Lipinski definition) is 0. The first kappa shape index (κ1) is 15.3. The number of carbonyl (C=O) groups excluding carboxylic acids is 1. The minimum absolute atomic E-state index is 0.168. The fourth-order valence-electron chi connectivity index (χ4n) is 3.31. The van der Waals surface area contributed by atoms with Crippen LogP contribution in [0.5, 0.6) is 0 Å². The molecule has 0 radical (unpaired) electrons. The van der Waals surface area contributed by atoms with Crippen LogP contribution in [0.25, 0.3) is 0 Å². The van der Waals surface area contributed by atoms with Crippen molar-refractivity contribution in [3.63, 3.8) is 0 Å². The van der Waals surface area contributed by atoms with Crippen LogP contribution in [-0.4, -0.2) is 18.9 Å². The van der Waals surface area contributed by atoms with Crippen LogP contribution in [0.3, 0.4) is 0 Å². The van der Waals surface area contributed by atoms with Crippen molar-refractivity contribution in [3.05, 3.63) is 47.5 Å². The van der Waals surface area contributed by atoms with Gasteiger partial charge >= 0.3 is 5.97 Å². The van der Waals surface area contributed by atoms with Crippen LogP contribution in [-0.2, 0) is 19.7 Å². The van der Waals surface area contributed by atoms with Gasteiger partial charge in [-0.2, -0.15) is 0 Å². The van der Waals surface area contributed by atoms with Gasteiger partial charge in [0.25, 0.3) is 0 Å². The minimum atomic E-state index is -0.764. The van der Waals surface area contributed by atoms with Crippen LogP contribution >= 0.6 is 0 Å². The molecule has 3 rings (SSSR count). The number of hydrogen-bond acceptors (Lipinski definition) is 3. The molecule has 1 aliphatic carbocycles. The molecule has 22 heavy (non-hydrogen) atoms. The average molecular weight is 300 g/mol. The summed E-state index contributed by atoms with van der Waals surface area (Å²) in [7, 11) is 0. The number of ether oxygens (including phenoxy) is 2. The van der Waals surface area contributed by atoms with E-state index in [1.165, 1.54) is 0 Å². The van der Waals surface area contributed by atoms with E-state index in [4.69, 9.17) is 9.47 Å². The summed E-state index contributed by atoms with van der Waals surface area (Å²) in [6, 6.07) is 9.90. The molecule has 1 aromatic carbocycles. The maximum Gasteiger partial charge on any atom is 0.325 e. The molecule has 0 spiro atoms. The Morgan fingerprint density at radius 1 is 1.18 bits per heavy atom. The number of allylic oxidation sites excluding steroid dienone is 1. The number of cyclic esters (lactones) is 1. The summed E-state index contributed by atoms with van der Waals surface area (Å²) in [6.45, 7) is 6.43. The predicted octanol–water partition coefficient (Wildman–Crippen LogP) is 3.98. The Balaban J connectivity index is 2.00. The number of benzene rings is 1. The molecular formula is C19H24O3. The molecule has 0 unspecified atom stereocenters. The minimum Gasteiger partial charge on any atom is -0.434 e. The molecule has 1 fully saturated rings. The summed E-state index contributed by atoms with van der Waals surface area (Å²) in [5.41, 5.74) is 1.14. The number of carbonyl (C=O) groups is 1. The first-order chi connectivity index (χ1) is 10.4. The number of rotatable bonds is 2. The summed E-state index contributed by atoms with van der Waals surface area (Å²) in [6.07, 6.45) is 4.77. The van der Waals surface area contributed by atoms with Gasteiger partial charge in [0.15, 0.2) is 0 Å². The topological polar surface area (TPSA) is 35.5 Å². The zero-order valence-electron chi connectivity index (χ0n) is 13.6. The van der Waals surface area contributed by atoms with Gasteiger partial charge in [-0.15, -0.1) is 0 Å². The predicted molar refractivity (Wildman–Crippen MR) is 85.3 cm³/mol. The fraction of sp³-hybridized carbons (Fsp3) is 0.526. The van der Waals surface area contributed by atoms with Crippen LogP contribution in [0.2, 0.25) is 0 Å². The second-order valence-electron chi connectivity index (χ2n) is 7.31. The van der Waals surface area contributed by atoms with Gasteiger partial charge in [-0.05, 0) is 24.8 Å². The molecule has 1 heterocycles. The summed E-state index contributed by atoms with van der Waals surface area (Å²) in [4.78, 5) is 13.0. The van der Waals surface area contributed by atoms with E-state index in [0.29, 0.717) is 6.61 Å². The maximum absolute atomic E-state index is 13.0. The van der Waals surface area contributed by atoms with E-state index in [9.17, 15) is 4.79 Å². The molecule has 0 saturated carbocycles. The highest BCUT2D eigenvalue weighted by Gasteiger charge is 2.51. The lowest BCUT2D eigenvalue weighted by molar-refractivity contribution is -0.236. The van der Waals surface area contributed by atoms with Crippen LogP contribution in [0, 0.1) is 5.41 Å². The smallest absolute Gasteiger partial charge is 0.325 e. The molecule has 1 aromatic rings. The van der Waals surface area contributed by atoms with E-state index in [2.05, 4.69) is 6.08 Å². The van der Waals surface area contributed by atoms with Gasteiger partial charge in [-0.3, -0.25) is 4.79 Å². The zero-order valence-corrected chi connectivity index (χ0v) is 13.6. The van der Waals surface area contributed by atoms with Gasteiger partial charge in [0.2, 0.25) is 6.29 Å².